The fraction of sp³-hybridized carbons (Fsp3) is 0.286. The second kappa shape index (κ2) is 6.61. The summed E-state index contributed by atoms with van der Waals surface area (Å²) in [4.78, 5) is 19.7. The fourth-order valence-electron chi connectivity index (χ4n) is 3.77. The van der Waals surface area contributed by atoms with Gasteiger partial charge in [0.2, 0.25) is 0 Å². The first-order valence-electron chi connectivity index (χ1n) is 9.33. The highest BCUT2D eigenvalue weighted by atomic mass is 35.5. The van der Waals surface area contributed by atoms with Crippen molar-refractivity contribution < 1.29 is 4.79 Å². The lowest BCUT2D eigenvalue weighted by molar-refractivity contribution is 0.0954. The van der Waals surface area contributed by atoms with Crippen LogP contribution in [0.25, 0.3) is 11.1 Å². The molecule has 0 bridgehead atoms. The van der Waals surface area contributed by atoms with Gasteiger partial charge in [-0.2, -0.15) is 5.10 Å². The molecule has 1 atom stereocenters. The number of fused-ring (bicyclic) bond motifs is 1. The number of hydrogen-bond donors (Lipinski definition) is 0. The lowest BCUT2D eigenvalue weighted by Gasteiger charge is -2.32. The summed E-state index contributed by atoms with van der Waals surface area (Å²) in [6.45, 7) is 2.58. The summed E-state index contributed by atoms with van der Waals surface area (Å²) in [5.74, 6) is 0.461. The number of anilines is 1. The van der Waals surface area contributed by atoms with Crippen LogP contribution in [-0.4, -0.2) is 27.2 Å². The molecule has 5 rings (SSSR count). The maximum absolute atomic E-state index is 13.4. The molecule has 1 aromatic carbocycles. The minimum Gasteiger partial charge on any atom is -0.305 e. The Morgan fingerprint density at radius 2 is 1.93 bits per heavy atom. The van der Waals surface area contributed by atoms with Crippen molar-refractivity contribution in [3.05, 3.63) is 64.2 Å². The molecule has 2 aromatic heterocycles. The molecule has 28 heavy (non-hydrogen) atoms. The van der Waals surface area contributed by atoms with E-state index in [1.165, 1.54) is 12.8 Å². The summed E-state index contributed by atoms with van der Waals surface area (Å²) >= 11 is 12.2. The number of hydrogen-bond acceptors (Lipinski definition) is 3. The van der Waals surface area contributed by atoms with Gasteiger partial charge in [-0.1, -0.05) is 23.2 Å². The molecule has 2 aliphatic rings. The van der Waals surface area contributed by atoms with Crippen LogP contribution in [0.1, 0.15) is 47.9 Å². The van der Waals surface area contributed by atoms with E-state index in [2.05, 4.69) is 23.1 Å². The third kappa shape index (κ3) is 2.90. The average Bonchev–Trinajstić information content (AvgIpc) is 3.45. The van der Waals surface area contributed by atoms with Crippen molar-refractivity contribution in [3.8, 4) is 11.1 Å². The second-order valence-electron chi connectivity index (χ2n) is 7.46. The molecule has 0 spiro atoms. The first-order valence-corrected chi connectivity index (χ1v) is 10.1. The van der Waals surface area contributed by atoms with Crippen molar-refractivity contribution in [1.82, 2.24) is 14.8 Å². The van der Waals surface area contributed by atoms with Crippen LogP contribution in [0.5, 0.6) is 0 Å². The highest BCUT2D eigenvalue weighted by Gasteiger charge is 2.34. The van der Waals surface area contributed by atoms with Crippen molar-refractivity contribution in [2.75, 3.05) is 11.4 Å². The number of nitrogens with zero attached hydrogens (tertiary/aromatic N) is 4. The largest absolute Gasteiger partial charge is 0.305 e. The highest BCUT2D eigenvalue weighted by Crippen LogP contribution is 2.41. The summed E-state index contributed by atoms with van der Waals surface area (Å²) in [7, 11) is 0. The molecule has 1 saturated carbocycles. The van der Waals surface area contributed by atoms with Crippen LogP contribution >= 0.6 is 23.2 Å². The summed E-state index contributed by atoms with van der Waals surface area (Å²) in [6, 6.07) is 9.35. The van der Waals surface area contributed by atoms with Gasteiger partial charge in [0, 0.05) is 35.6 Å². The topological polar surface area (TPSA) is 51.0 Å². The van der Waals surface area contributed by atoms with E-state index in [-0.39, 0.29) is 11.9 Å². The lowest BCUT2D eigenvalue weighted by Crippen LogP contribution is -2.42. The Kier molecular flexibility index (Phi) is 4.18. The number of carbonyl (C=O) groups excluding carboxylic acids is 1. The van der Waals surface area contributed by atoms with Gasteiger partial charge in [-0.05, 0) is 55.7 Å². The summed E-state index contributed by atoms with van der Waals surface area (Å²) in [6.07, 6.45) is 5.97. The minimum atomic E-state index is -0.0891. The van der Waals surface area contributed by atoms with E-state index in [4.69, 9.17) is 23.2 Å². The predicted molar refractivity (Wildman–Crippen MR) is 110 cm³/mol. The van der Waals surface area contributed by atoms with Crippen molar-refractivity contribution in [2.24, 2.45) is 0 Å². The van der Waals surface area contributed by atoms with Gasteiger partial charge in [0.1, 0.15) is 5.69 Å². The zero-order valence-corrected chi connectivity index (χ0v) is 16.8. The Morgan fingerprint density at radius 1 is 1.11 bits per heavy atom. The third-order valence-electron chi connectivity index (χ3n) is 5.41. The van der Waals surface area contributed by atoms with Crippen molar-refractivity contribution in [1.29, 1.82) is 0 Å². The van der Waals surface area contributed by atoms with Crippen molar-refractivity contribution in [2.45, 2.75) is 31.7 Å². The Labute approximate surface area is 172 Å². The Bertz CT molecular complexity index is 1090. The predicted octanol–water partition coefficient (Wildman–Crippen LogP) is 5.35. The molecule has 0 radical (unpaired) electrons. The number of amides is 1. The number of benzene rings is 1. The Morgan fingerprint density at radius 3 is 2.68 bits per heavy atom. The van der Waals surface area contributed by atoms with Gasteiger partial charge in [0.25, 0.3) is 5.91 Å². The zero-order chi connectivity index (χ0) is 19.4. The Hall–Kier alpha value is -2.37. The number of carbonyl (C=O) groups is 1. The maximum Gasteiger partial charge on any atom is 0.277 e. The van der Waals surface area contributed by atoms with Gasteiger partial charge in [-0.3, -0.25) is 14.5 Å². The molecule has 1 fully saturated rings. The van der Waals surface area contributed by atoms with Gasteiger partial charge < -0.3 is 4.90 Å². The third-order valence-corrected chi connectivity index (χ3v) is 6.15. The van der Waals surface area contributed by atoms with Crippen LogP contribution in [0.4, 0.5) is 5.69 Å². The number of halogens is 2. The molecule has 1 aliphatic carbocycles. The molecule has 5 nitrogen and oxygen atoms in total. The fourth-order valence-corrected chi connectivity index (χ4v) is 4.06. The average molecular weight is 413 g/mol. The maximum atomic E-state index is 13.4. The highest BCUT2D eigenvalue weighted by molar-refractivity contribution is 6.42. The molecule has 0 unspecified atom stereocenters. The quantitative estimate of drug-likeness (QED) is 0.582. The number of pyridine rings is 1. The van der Waals surface area contributed by atoms with Crippen LogP contribution in [0.2, 0.25) is 10.0 Å². The van der Waals surface area contributed by atoms with Gasteiger partial charge in [-0.25, -0.2) is 0 Å². The lowest BCUT2D eigenvalue weighted by atomic mass is 10.0. The standard InChI is InChI=1S/C21H18Cl2N4O/c1-12-11-26(15-4-5-17(22)18(23)9-15)21(28)20-16(10-25-27(12)20)14-6-7-24-19(8-14)13-2-3-13/h4-10,12-13H,2-3,11H2,1H3/t12-/m0/s1. The molecule has 1 amide bonds. The van der Waals surface area contributed by atoms with Crippen molar-refractivity contribution in [3.63, 3.8) is 0 Å². The first-order chi connectivity index (χ1) is 13.5. The van der Waals surface area contributed by atoms with E-state index in [0.717, 1.165) is 22.5 Å². The molecular formula is C21H18Cl2N4O. The van der Waals surface area contributed by atoms with Gasteiger partial charge in [0.15, 0.2) is 0 Å². The normalized spacial score (nSPS) is 19.0. The van der Waals surface area contributed by atoms with E-state index in [1.807, 2.05) is 23.0 Å². The smallest absolute Gasteiger partial charge is 0.277 e. The SMILES string of the molecule is C[C@H]1CN(c2ccc(Cl)c(Cl)c2)C(=O)c2c(-c3ccnc(C4CC4)c3)cnn21. The van der Waals surface area contributed by atoms with Crippen LogP contribution in [0, 0.1) is 0 Å². The van der Waals surface area contributed by atoms with E-state index < -0.39 is 0 Å². The van der Waals surface area contributed by atoms with Gasteiger partial charge in [-0.15, -0.1) is 0 Å². The summed E-state index contributed by atoms with van der Waals surface area (Å²) in [5.41, 5.74) is 4.24. The molecule has 0 saturated heterocycles. The van der Waals surface area contributed by atoms with Gasteiger partial charge in [0.05, 0.1) is 22.3 Å². The van der Waals surface area contributed by atoms with E-state index in [1.54, 1.807) is 23.2 Å². The van der Waals surface area contributed by atoms with E-state index >= 15 is 0 Å². The van der Waals surface area contributed by atoms with Crippen LogP contribution in [-0.2, 0) is 0 Å². The Balaban J connectivity index is 1.58. The van der Waals surface area contributed by atoms with Crippen LogP contribution in [0.3, 0.4) is 0 Å². The molecule has 1 aliphatic heterocycles. The second-order valence-corrected chi connectivity index (χ2v) is 8.27. The summed E-state index contributed by atoms with van der Waals surface area (Å²) in [5, 5.41) is 5.42. The van der Waals surface area contributed by atoms with E-state index in [0.29, 0.717) is 28.2 Å². The van der Waals surface area contributed by atoms with Crippen LogP contribution in [0.15, 0.2) is 42.7 Å². The van der Waals surface area contributed by atoms with Gasteiger partial charge >= 0.3 is 0 Å². The first kappa shape index (κ1) is 17.7. The zero-order valence-electron chi connectivity index (χ0n) is 15.3. The molecule has 0 N–H and O–H groups in total. The molecule has 7 heteroatoms. The minimum absolute atomic E-state index is 0.0423. The number of rotatable bonds is 3. The molecule has 3 heterocycles. The number of aromatic nitrogens is 3. The summed E-state index contributed by atoms with van der Waals surface area (Å²) < 4.78 is 1.82. The molecular weight excluding hydrogens is 395 g/mol. The van der Waals surface area contributed by atoms with E-state index in [9.17, 15) is 4.79 Å². The van der Waals surface area contributed by atoms with Crippen molar-refractivity contribution >= 4 is 34.8 Å². The molecule has 142 valence electrons. The monoisotopic (exact) mass is 412 g/mol. The molecule has 3 aromatic rings. The van der Waals surface area contributed by atoms with Crippen LogP contribution < -0.4 is 4.90 Å².